The van der Waals surface area contributed by atoms with Gasteiger partial charge in [0.1, 0.15) is 11.1 Å². The molecule has 1 N–H and O–H groups in total. The maximum Gasteiger partial charge on any atom is 0.228 e. The minimum absolute atomic E-state index is 0.0471. The number of amides is 1. The van der Waals surface area contributed by atoms with E-state index in [2.05, 4.69) is 23.5 Å². The molecule has 0 aliphatic heterocycles. The van der Waals surface area contributed by atoms with Crippen molar-refractivity contribution in [3.63, 3.8) is 0 Å². The number of hydrogen-bond donors (Lipinski definition) is 1. The van der Waals surface area contributed by atoms with Gasteiger partial charge in [0.25, 0.3) is 0 Å². The van der Waals surface area contributed by atoms with Crippen molar-refractivity contribution in [2.45, 2.75) is 31.6 Å². The van der Waals surface area contributed by atoms with Crippen molar-refractivity contribution in [3.05, 3.63) is 51.9 Å². The molecular weight excluding hydrogens is 292 g/mol. The van der Waals surface area contributed by atoms with Crippen LogP contribution in [-0.4, -0.2) is 5.91 Å². The number of aryl methyl sites for hydroxylation is 1. The van der Waals surface area contributed by atoms with Crippen molar-refractivity contribution < 1.29 is 4.79 Å². The van der Waals surface area contributed by atoms with Gasteiger partial charge in [0, 0.05) is 10.8 Å². The Morgan fingerprint density at radius 2 is 2.09 bits per heavy atom. The summed E-state index contributed by atoms with van der Waals surface area (Å²) in [6, 6.07) is 12.5. The Bertz CT molecular complexity index is 772. The van der Waals surface area contributed by atoms with Crippen LogP contribution in [0, 0.1) is 17.2 Å². The monoisotopic (exact) mass is 308 g/mol. The van der Waals surface area contributed by atoms with Crippen molar-refractivity contribution in [2.24, 2.45) is 5.92 Å². The Kier molecular flexibility index (Phi) is 3.24. The fourth-order valence-corrected chi connectivity index (χ4v) is 4.61. The minimum atomic E-state index is 0.0471. The number of hydrogen-bond acceptors (Lipinski definition) is 3. The third-order valence-electron chi connectivity index (χ3n) is 4.62. The second-order valence-corrected chi connectivity index (χ2v) is 7.13. The van der Waals surface area contributed by atoms with Gasteiger partial charge >= 0.3 is 0 Å². The summed E-state index contributed by atoms with van der Waals surface area (Å²) in [6.45, 7) is 0. The maximum absolute atomic E-state index is 12.4. The van der Waals surface area contributed by atoms with Gasteiger partial charge in [-0.05, 0) is 42.7 Å². The van der Waals surface area contributed by atoms with E-state index in [4.69, 9.17) is 0 Å². The minimum Gasteiger partial charge on any atom is -0.316 e. The molecule has 3 nitrogen and oxygen atoms in total. The molecule has 1 saturated carbocycles. The van der Waals surface area contributed by atoms with Crippen LogP contribution >= 0.6 is 11.3 Å². The predicted octanol–water partition coefficient (Wildman–Crippen LogP) is 3.85. The molecule has 0 saturated heterocycles. The fourth-order valence-electron chi connectivity index (χ4n) is 3.37. The zero-order chi connectivity index (χ0) is 15.1. The summed E-state index contributed by atoms with van der Waals surface area (Å²) in [7, 11) is 0. The van der Waals surface area contributed by atoms with Crippen molar-refractivity contribution in [1.82, 2.24) is 0 Å². The Labute approximate surface area is 133 Å². The highest BCUT2D eigenvalue weighted by Crippen LogP contribution is 2.48. The highest BCUT2D eigenvalue weighted by Gasteiger charge is 2.44. The van der Waals surface area contributed by atoms with E-state index in [-0.39, 0.29) is 11.8 Å². The SMILES string of the molecule is N#Cc1c(NC(=O)[C@H]2C[C@@H]2c2ccccc2)sc2c1CCC2. The lowest BCUT2D eigenvalue weighted by Crippen LogP contribution is -2.14. The number of carbonyl (C=O) groups is 1. The van der Waals surface area contributed by atoms with Crippen molar-refractivity contribution in [3.8, 4) is 6.07 Å². The largest absolute Gasteiger partial charge is 0.316 e. The van der Waals surface area contributed by atoms with E-state index < -0.39 is 0 Å². The third-order valence-corrected chi connectivity index (χ3v) is 5.83. The molecule has 0 radical (unpaired) electrons. The summed E-state index contributed by atoms with van der Waals surface area (Å²) in [6.07, 6.45) is 4.05. The lowest BCUT2D eigenvalue weighted by Gasteiger charge is -2.04. The fraction of sp³-hybridized carbons (Fsp3) is 0.333. The summed E-state index contributed by atoms with van der Waals surface area (Å²) in [4.78, 5) is 13.7. The quantitative estimate of drug-likeness (QED) is 0.936. The van der Waals surface area contributed by atoms with Crippen molar-refractivity contribution in [1.29, 1.82) is 5.26 Å². The zero-order valence-corrected chi connectivity index (χ0v) is 13.0. The van der Waals surface area contributed by atoms with Gasteiger partial charge in [0.05, 0.1) is 5.56 Å². The Balaban J connectivity index is 1.49. The van der Waals surface area contributed by atoms with E-state index in [9.17, 15) is 10.1 Å². The summed E-state index contributed by atoms with van der Waals surface area (Å²) in [5.74, 6) is 0.440. The molecule has 1 fully saturated rings. The molecule has 2 aliphatic rings. The van der Waals surface area contributed by atoms with Crippen LogP contribution in [0.15, 0.2) is 30.3 Å². The van der Waals surface area contributed by atoms with Gasteiger partial charge in [-0.1, -0.05) is 30.3 Å². The van der Waals surface area contributed by atoms with Crippen LogP contribution in [0.5, 0.6) is 0 Å². The molecule has 2 atom stereocenters. The van der Waals surface area contributed by atoms with Crippen molar-refractivity contribution in [2.75, 3.05) is 5.32 Å². The van der Waals surface area contributed by atoms with Gasteiger partial charge < -0.3 is 5.32 Å². The Morgan fingerprint density at radius 1 is 1.27 bits per heavy atom. The summed E-state index contributed by atoms with van der Waals surface area (Å²) >= 11 is 1.59. The van der Waals surface area contributed by atoms with Crippen LogP contribution in [0.1, 0.15) is 40.3 Å². The first-order chi connectivity index (χ1) is 10.8. The average molecular weight is 308 g/mol. The van der Waals surface area contributed by atoms with Crippen LogP contribution in [-0.2, 0) is 17.6 Å². The molecule has 2 aromatic rings. The molecule has 1 aromatic heterocycles. The zero-order valence-electron chi connectivity index (χ0n) is 12.1. The highest BCUT2D eigenvalue weighted by molar-refractivity contribution is 7.16. The summed E-state index contributed by atoms with van der Waals surface area (Å²) in [5.41, 5.74) is 3.10. The van der Waals surface area contributed by atoms with E-state index in [1.165, 1.54) is 16.0 Å². The van der Waals surface area contributed by atoms with Gasteiger partial charge in [-0.2, -0.15) is 5.26 Å². The highest BCUT2D eigenvalue weighted by atomic mass is 32.1. The summed E-state index contributed by atoms with van der Waals surface area (Å²) < 4.78 is 0. The Hall–Kier alpha value is -2.12. The smallest absolute Gasteiger partial charge is 0.228 e. The van der Waals surface area contributed by atoms with Crippen LogP contribution in [0.25, 0.3) is 0 Å². The molecule has 1 aromatic carbocycles. The van der Waals surface area contributed by atoms with E-state index in [1.807, 2.05) is 18.2 Å². The molecule has 4 heteroatoms. The molecule has 22 heavy (non-hydrogen) atoms. The number of fused-ring (bicyclic) bond motifs is 1. The van der Waals surface area contributed by atoms with Gasteiger partial charge in [-0.25, -0.2) is 0 Å². The van der Waals surface area contributed by atoms with Gasteiger partial charge in [-0.3, -0.25) is 4.79 Å². The number of nitriles is 1. The molecule has 0 spiro atoms. The topological polar surface area (TPSA) is 52.9 Å². The van der Waals surface area contributed by atoms with Crippen LogP contribution in [0.2, 0.25) is 0 Å². The maximum atomic E-state index is 12.4. The summed E-state index contributed by atoms with van der Waals surface area (Å²) in [5, 5.41) is 13.1. The molecule has 0 bridgehead atoms. The molecular formula is C18H16N2OS. The standard InChI is InChI=1S/C18H16N2OS/c19-10-15-12-7-4-8-16(12)22-18(15)20-17(21)14-9-13(14)11-5-2-1-3-6-11/h1-3,5-6,13-14H,4,7-9H2,(H,20,21)/t13-,14+/m1/s1. The molecule has 110 valence electrons. The third kappa shape index (κ3) is 2.22. The molecule has 4 rings (SSSR count). The van der Waals surface area contributed by atoms with Crippen molar-refractivity contribution >= 4 is 22.2 Å². The number of rotatable bonds is 3. The lowest BCUT2D eigenvalue weighted by atomic mass is 10.1. The molecule has 1 amide bonds. The number of carbonyl (C=O) groups excluding carboxylic acids is 1. The predicted molar refractivity (Wildman–Crippen MR) is 87.0 cm³/mol. The second-order valence-electron chi connectivity index (χ2n) is 6.02. The van der Waals surface area contributed by atoms with Gasteiger partial charge in [0.2, 0.25) is 5.91 Å². The first-order valence-corrected chi connectivity index (χ1v) is 8.50. The van der Waals surface area contributed by atoms with E-state index in [0.717, 1.165) is 30.7 Å². The number of benzene rings is 1. The van der Waals surface area contributed by atoms with E-state index in [0.29, 0.717) is 11.5 Å². The van der Waals surface area contributed by atoms with Gasteiger partial charge in [0.15, 0.2) is 0 Å². The average Bonchev–Trinajstić information content (AvgIpc) is 3.11. The molecule has 0 unspecified atom stereocenters. The van der Waals surface area contributed by atoms with Crippen LogP contribution in [0.4, 0.5) is 5.00 Å². The van der Waals surface area contributed by atoms with Gasteiger partial charge in [-0.15, -0.1) is 11.3 Å². The molecule has 2 aliphatic carbocycles. The van der Waals surface area contributed by atoms with E-state index in [1.54, 1.807) is 11.3 Å². The first kappa shape index (κ1) is 13.5. The number of anilines is 1. The normalized spacial score (nSPS) is 22.0. The lowest BCUT2D eigenvalue weighted by molar-refractivity contribution is -0.117. The number of thiophene rings is 1. The first-order valence-electron chi connectivity index (χ1n) is 7.68. The second kappa shape index (κ2) is 5.26. The number of nitrogens with one attached hydrogen (secondary N) is 1. The van der Waals surface area contributed by atoms with E-state index >= 15 is 0 Å². The van der Waals surface area contributed by atoms with Crippen LogP contribution < -0.4 is 5.32 Å². The number of nitrogens with zero attached hydrogens (tertiary/aromatic N) is 1. The van der Waals surface area contributed by atoms with Crippen LogP contribution in [0.3, 0.4) is 0 Å². The molecule has 1 heterocycles. The Morgan fingerprint density at radius 3 is 2.86 bits per heavy atom.